The van der Waals surface area contributed by atoms with Crippen LogP contribution in [0.5, 0.6) is 0 Å². The molecule has 1 N–H and O–H groups in total. The Hall–Kier alpha value is 0.01000. The molecule has 1 aromatic carbocycles. The first-order valence-corrected chi connectivity index (χ1v) is 8.51. The van der Waals surface area contributed by atoms with Crippen LogP contribution in [0.3, 0.4) is 0 Å². The van der Waals surface area contributed by atoms with Crippen molar-refractivity contribution in [2.24, 2.45) is 0 Å². The Bertz CT molecular complexity index is 521. The molecule has 108 valence electrons. The van der Waals surface area contributed by atoms with E-state index in [0.29, 0.717) is 4.47 Å². The van der Waals surface area contributed by atoms with Crippen molar-refractivity contribution in [3.05, 3.63) is 27.1 Å². The molecule has 0 amide bonds. The minimum atomic E-state index is -3.66. The highest BCUT2D eigenvalue weighted by Crippen LogP contribution is 2.27. The van der Waals surface area contributed by atoms with Crippen molar-refractivity contribution in [2.45, 2.75) is 4.90 Å². The van der Waals surface area contributed by atoms with Crippen molar-refractivity contribution in [3.63, 3.8) is 0 Å². The Morgan fingerprint density at radius 1 is 1.32 bits per heavy atom. The highest BCUT2D eigenvalue weighted by Gasteiger charge is 2.25. The average molecular weight is 417 g/mol. The molecule has 0 heterocycles. The van der Waals surface area contributed by atoms with Gasteiger partial charge in [0, 0.05) is 29.1 Å². The molecule has 0 aliphatic rings. The van der Waals surface area contributed by atoms with Crippen molar-refractivity contribution in [2.75, 3.05) is 33.4 Å². The zero-order valence-electron chi connectivity index (χ0n) is 10.3. The lowest BCUT2D eigenvalue weighted by molar-refractivity contribution is 0.168. The number of halogens is 2. The standard InChI is InChI=1S/C11H15Br2NO4S/c1-18-7-5-14(4-6-15)19(16,17)11-3-2-9(12)8-10(11)13/h2-3,8,15H,4-7H2,1H3. The lowest BCUT2D eigenvalue weighted by atomic mass is 10.4. The Balaban J connectivity index is 3.11. The molecule has 1 aromatic rings. The molecule has 1 rings (SSSR count). The summed E-state index contributed by atoms with van der Waals surface area (Å²) in [6, 6.07) is 4.84. The highest BCUT2D eigenvalue weighted by atomic mass is 79.9. The van der Waals surface area contributed by atoms with Crippen molar-refractivity contribution < 1.29 is 18.3 Å². The molecular weight excluding hydrogens is 402 g/mol. The first-order valence-electron chi connectivity index (χ1n) is 5.48. The van der Waals surface area contributed by atoms with Crippen LogP contribution < -0.4 is 0 Å². The predicted octanol–water partition coefficient (Wildman–Crippen LogP) is 1.84. The van der Waals surface area contributed by atoms with E-state index in [2.05, 4.69) is 31.9 Å². The summed E-state index contributed by atoms with van der Waals surface area (Å²) in [6.45, 7) is 0.264. The fourth-order valence-corrected chi connectivity index (χ4v) is 4.60. The highest BCUT2D eigenvalue weighted by molar-refractivity contribution is 9.11. The molecule has 19 heavy (non-hydrogen) atoms. The maximum absolute atomic E-state index is 12.5. The third-order valence-corrected chi connectivity index (χ3v) is 5.77. The summed E-state index contributed by atoms with van der Waals surface area (Å²) >= 11 is 6.52. The number of hydrogen-bond donors (Lipinski definition) is 1. The average Bonchev–Trinajstić information content (AvgIpc) is 2.33. The molecule has 0 saturated carbocycles. The second kappa shape index (κ2) is 7.70. The Morgan fingerprint density at radius 3 is 2.53 bits per heavy atom. The first-order chi connectivity index (χ1) is 8.93. The predicted molar refractivity (Wildman–Crippen MR) is 79.6 cm³/mol. The summed E-state index contributed by atoms with van der Waals surface area (Å²) in [4.78, 5) is 0.167. The Morgan fingerprint density at radius 2 is 2.00 bits per heavy atom. The van der Waals surface area contributed by atoms with E-state index in [1.807, 2.05) is 0 Å². The van der Waals surface area contributed by atoms with E-state index in [-0.39, 0.29) is 31.2 Å². The number of hydrogen-bond acceptors (Lipinski definition) is 4. The number of nitrogens with zero attached hydrogens (tertiary/aromatic N) is 1. The zero-order chi connectivity index (χ0) is 14.5. The largest absolute Gasteiger partial charge is 0.395 e. The molecule has 0 unspecified atom stereocenters. The molecule has 0 aliphatic carbocycles. The summed E-state index contributed by atoms with van der Waals surface area (Å²) < 4.78 is 32.3. The van der Waals surface area contributed by atoms with Crippen LogP contribution in [0.2, 0.25) is 0 Å². The van der Waals surface area contributed by atoms with E-state index in [9.17, 15) is 8.42 Å². The maximum Gasteiger partial charge on any atom is 0.244 e. The van der Waals surface area contributed by atoms with E-state index in [4.69, 9.17) is 9.84 Å². The number of aliphatic hydroxyl groups is 1. The minimum absolute atomic E-state index is 0.0359. The van der Waals surface area contributed by atoms with E-state index >= 15 is 0 Å². The van der Waals surface area contributed by atoms with E-state index in [0.717, 1.165) is 4.47 Å². The maximum atomic E-state index is 12.5. The zero-order valence-corrected chi connectivity index (χ0v) is 14.3. The van der Waals surface area contributed by atoms with E-state index in [1.54, 1.807) is 12.1 Å². The SMILES string of the molecule is COCCN(CCO)S(=O)(=O)c1ccc(Br)cc1Br. The Labute approximate surface area is 129 Å². The van der Waals surface area contributed by atoms with Gasteiger partial charge in [-0.25, -0.2) is 8.42 Å². The van der Waals surface area contributed by atoms with Crippen LogP contribution >= 0.6 is 31.9 Å². The van der Waals surface area contributed by atoms with Gasteiger partial charge in [0.05, 0.1) is 18.1 Å². The van der Waals surface area contributed by atoms with Gasteiger partial charge in [-0.3, -0.25) is 0 Å². The van der Waals surface area contributed by atoms with Crippen LogP contribution in [0.25, 0.3) is 0 Å². The van der Waals surface area contributed by atoms with Crippen LogP contribution in [0.4, 0.5) is 0 Å². The van der Waals surface area contributed by atoms with Gasteiger partial charge in [-0.05, 0) is 34.1 Å². The van der Waals surface area contributed by atoms with Crippen molar-refractivity contribution in [1.82, 2.24) is 4.31 Å². The third kappa shape index (κ3) is 4.51. The van der Waals surface area contributed by atoms with Gasteiger partial charge in [-0.15, -0.1) is 0 Å². The molecule has 0 radical (unpaired) electrons. The van der Waals surface area contributed by atoms with Gasteiger partial charge in [-0.1, -0.05) is 15.9 Å². The molecule has 5 nitrogen and oxygen atoms in total. The van der Waals surface area contributed by atoms with Gasteiger partial charge in [0.15, 0.2) is 0 Å². The van der Waals surface area contributed by atoms with Crippen molar-refractivity contribution in [1.29, 1.82) is 0 Å². The van der Waals surface area contributed by atoms with E-state index in [1.165, 1.54) is 17.5 Å². The minimum Gasteiger partial charge on any atom is -0.395 e. The molecule has 0 aromatic heterocycles. The summed E-state index contributed by atoms with van der Waals surface area (Å²) in [5.74, 6) is 0. The Kier molecular flexibility index (Phi) is 6.92. The number of ether oxygens (including phenoxy) is 1. The van der Waals surface area contributed by atoms with Gasteiger partial charge in [-0.2, -0.15) is 4.31 Å². The molecule has 0 bridgehead atoms. The van der Waals surface area contributed by atoms with Gasteiger partial charge in [0.25, 0.3) is 0 Å². The number of benzene rings is 1. The number of aliphatic hydroxyl groups excluding tert-OH is 1. The van der Waals surface area contributed by atoms with Crippen LogP contribution in [-0.2, 0) is 14.8 Å². The fraction of sp³-hybridized carbons (Fsp3) is 0.455. The lowest BCUT2D eigenvalue weighted by Gasteiger charge is -2.21. The second-order valence-electron chi connectivity index (χ2n) is 3.70. The first kappa shape index (κ1) is 17.1. The summed E-state index contributed by atoms with van der Waals surface area (Å²) in [5.41, 5.74) is 0. The van der Waals surface area contributed by atoms with Crippen LogP contribution in [0.1, 0.15) is 0 Å². The molecule has 0 saturated heterocycles. The molecule has 0 spiro atoms. The summed E-state index contributed by atoms with van der Waals surface area (Å²) in [6.07, 6.45) is 0. The van der Waals surface area contributed by atoms with Gasteiger partial charge < -0.3 is 9.84 Å². The molecule has 0 atom stereocenters. The fourth-order valence-electron chi connectivity index (χ4n) is 1.48. The molecule has 0 fully saturated rings. The molecule has 0 aliphatic heterocycles. The third-order valence-electron chi connectivity index (χ3n) is 2.41. The number of sulfonamides is 1. The topological polar surface area (TPSA) is 66.8 Å². The van der Waals surface area contributed by atoms with E-state index < -0.39 is 10.0 Å². The van der Waals surface area contributed by atoms with Crippen LogP contribution in [0.15, 0.2) is 32.0 Å². The smallest absolute Gasteiger partial charge is 0.244 e. The van der Waals surface area contributed by atoms with Gasteiger partial charge in [0.1, 0.15) is 0 Å². The summed E-state index contributed by atoms with van der Waals surface area (Å²) in [7, 11) is -2.16. The summed E-state index contributed by atoms with van der Waals surface area (Å²) in [5, 5.41) is 8.99. The van der Waals surface area contributed by atoms with Gasteiger partial charge in [0.2, 0.25) is 10.0 Å². The molecule has 8 heteroatoms. The van der Waals surface area contributed by atoms with Crippen LogP contribution in [-0.4, -0.2) is 51.2 Å². The molecular formula is C11H15Br2NO4S. The normalized spacial score (nSPS) is 12.1. The van der Waals surface area contributed by atoms with Gasteiger partial charge >= 0.3 is 0 Å². The van der Waals surface area contributed by atoms with Crippen LogP contribution in [0, 0.1) is 0 Å². The second-order valence-corrected chi connectivity index (χ2v) is 7.37. The van der Waals surface area contributed by atoms with Crippen molar-refractivity contribution in [3.8, 4) is 0 Å². The monoisotopic (exact) mass is 415 g/mol. The van der Waals surface area contributed by atoms with Crippen molar-refractivity contribution >= 4 is 41.9 Å². The number of rotatable bonds is 7. The quantitative estimate of drug-likeness (QED) is 0.736. The lowest BCUT2D eigenvalue weighted by Crippen LogP contribution is -2.36. The number of methoxy groups -OCH3 is 1.